The maximum atomic E-state index is 12.2. The van der Waals surface area contributed by atoms with Crippen LogP contribution >= 0.6 is 0 Å². The lowest BCUT2D eigenvalue weighted by Crippen LogP contribution is -2.42. The molecular formula is C16H22N2O2. The SMILES string of the molecule is CCC(C)(C)NC(=O)c1ccc(OC)c(C#CCN)c1. The first-order valence-corrected chi connectivity index (χ1v) is 6.63. The van der Waals surface area contributed by atoms with Crippen molar-refractivity contribution in [1.29, 1.82) is 0 Å². The lowest BCUT2D eigenvalue weighted by molar-refractivity contribution is 0.0911. The summed E-state index contributed by atoms with van der Waals surface area (Å²) < 4.78 is 5.22. The number of hydrogen-bond acceptors (Lipinski definition) is 3. The Labute approximate surface area is 120 Å². The molecule has 0 atom stereocenters. The number of rotatable bonds is 4. The fourth-order valence-electron chi connectivity index (χ4n) is 1.56. The zero-order chi connectivity index (χ0) is 15.2. The zero-order valence-corrected chi connectivity index (χ0v) is 12.5. The molecule has 0 spiro atoms. The molecule has 1 rings (SSSR count). The molecule has 0 aliphatic carbocycles. The summed E-state index contributed by atoms with van der Waals surface area (Å²) in [7, 11) is 1.57. The average Bonchev–Trinajstić information content (AvgIpc) is 2.44. The van der Waals surface area contributed by atoms with Crippen molar-refractivity contribution in [3.05, 3.63) is 29.3 Å². The second-order valence-electron chi connectivity index (χ2n) is 5.11. The molecule has 0 fully saturated rings. The van der Waals surface area contributed by atoms with Crippen molar-refractivity contribution in [2.24, 2.45) is 5.73 Å². The molecule has 20 heavy (non-hydrogen) atoms. The molecule has 1 amide bonds. The van der Waals surface area contributed by atoms with Crippen molar-refractivity contribution in [3.63, 3.8) is 0 Å². The number of hydrogen-bond donors (Lipinski definition) is 2. The van der Waals surface area contributed by atoms with Crippen LogP contribution in [0.4, 0.5) is 0 Å². The van der Waals surface area contributed by atoms with E-state index in [-0.39, 0.29) is 18.0 Å². The van der Waals surface area contributed by atoms with Crippen molar-refractivity contribution in [2.75, 3.05) is 13.7 Å². The van der Waals surface area contributed by atoms with Crippen LogP contribution < -0.4 is 15.8 Å². The van der Waals surface area contributed by atoms with Crippen molar-refractivity contribution >= 4 is 5.91 Å². The molecule has 0 unspecified atom stereocenters. The molecule has 0 heterocycles. The van der Waals surface area contributed by atoms with E-state index in [1.807, 2.05) is 20.8 Å². The Balaban J connectivity index is 3.05. The van der Waals surface area contributed by atoms with E-state index in [1.54, 1.807) is 25.3 Å². The smallest absolute Gasteiger partial charge is 0.251 e. The highest BCUT2D eigenvalue weighted by Crippen LogP contribution is 2.19. The molecule has 0 aliphatic heterocycles. The Morgan fingerprint density at radius 3 is 2.70 bits per heavy atom. The van der Waals surface area contributed by atoms with Crippen molar-refractivity contribution in [2.45, 2.75) is 32.7 Å². The highest BCUT2D eigenvalue weighted by atomic mass is 16.5. The predicted molar refractivity (Wildman–Crippen MR) is 80.8 cm³/mol. The van der Waals surface area contributed by atoms with Crippen LogP contribution in [0.2, 0.25) is 0 Å². The van der Waals surface area contributed by atoms with Gasteiger partial charge in [0, 0.05) is 11.1 Å². The number of nitrogens with one attached hydrogen (secondary N) is 1. The van der Waals surface area contributed by atoms with E-state index >= 15 is 0 Å². The van der Waals surface area contributed by atoms with Gasteiger partial charge >= 0.3 is 0 Å². The van der Waals surface area contributed by atoms with Crippen LogP contribution in [0.5, 0.6) is 5.75 Å². The molecule has 0 radical (unpaired) electrons. The predicted octanol–water partition coefficient (Wildman–Crippen LogP) is 1.92. The van der Waals surface area contributed by atoms with Crippen LogP contribution in [-0.4, -0.2) is 25.1 Å². The summed E-state index contributed by atoms with van der Waals surface area (Å²) in [4.78, 5) is 12.2. The lowest BCUT2D eigenvalue weighted by atomic mass is 10.0. The minimum atomic E-state index is -0.236. The van der Waals surface area contributed by atoms with E-state index in [9.17, 15) is 4.79 Å². The third kappa shape index (κ3) is 4.29. The van der Waals surface area contributed by atoms with Gasteiger partial charge in [-0.05, 0) is 38.5 Å². The molecule has 1 aromatic carbocycles. The normalized spacial score (nSPS) is 10.4. The number of carbonyl (C=O) groups excluding carboxylic acids is 1. The van der Waals surface area contributed by atoms with Gasteiger partial charge in [0.2, 0.25) is 0 Å². The minimum absolute atomic E-state index is 0.115. The summed E-state index contributed by atoms with van der Waals surface area (Å²) in [6.45, 7) is 6.28. The molecule has 0 saturated carbocycles. The van der Waals surface area contributed by atoms with Crippen LogP contribution in [0.1, 0.15) is 43.1 Å². The van der Waals surface area contributed by atoms with Gasteiger partial charge in [0.05, 0.1) is 19.2 Å². The van der Waals surface area contributed by atoms with E-state index in [1.165, 1.54) is 0 Å². The number of ether oxygens (including phenoxy) is 1. The summed E-state index contributed by atoms with van der Waals surface area (Å²) in [5, 5.41) is 2.99. The van der Waals surface area contributed by atoms with Gasteiger partial charge in [-0.25, -0.2) is 0 Å². The molecule has 4 heteroatoms. The highest BCUT2D eigenvalue weighted by molar-refractivity contribution is 5.95. The number of methoxy groups -OCH3 is 1. The molecular weight excluding hydrogens is 252 g/mol. The summed E-state index contributed by atoms with van der Waals surface area (Å²) in [5.41, 5.74) is 6.37. The number of carbonyl (C=O) groups is 1. The Bertz CT molecular complexity index is 539. The second kappa shape index (κ2) is 6.97. The van der Waals surface area contributed by atoms with Gasteiger partial charge in [-0.15, -0.1) is 0 Å². The molecule has 108 valence electrons. The van der Waals surface area contributed by atoms with Gasteiger partial charge in [-0.3, -0.25) is 4.79 Å². The Morgan fingerprint density at radius 1 is 1.45 bits per heavy atom. The Hall–Kier alpha value is -1.99. The number of nitrogens with two attached hydrogens (primary N) is 1. The molecule has 0 saturated heterocycles. The van der Waals surface area contributed by atoms with Gasteiger partial charge < -0.3 is 15.8 Å². The Morgan fingerprint density at radius 2 is 2.15 bits per heavy atom. The number of benzene rings is 1. The quantitative estimate of drug-likeness (QED) is 0.825. The molecule has 3 N–H and O–H groups in total. The molecule has 4 nitrogen and oxygen atoms in total. The largest absolute Gasteiger partial charge is 0.495 e. The van der Waals surface area contributed by atoms with E-state index in [0.29, 0.717) is 16.9 Å². The van der Waals surface area contributed by atoms with Gasteiger partial charge in [0.25, 0.3) is 5.91 Å². The van der Waals surface area contributed by atoms with Crippen molar-refractivity contribution < 1.29 is 9.53 Å². The van der Waals surface area contributed by atoms with Crippen LogP contribution in [0.25, 0.3) is 0 Å². The van der Waals surface area contributed by atoms with Gasteiger partial charge in [0.15, 0.2) is 0 Å². The van der Waals surface area contributed by atoms with Crippen LogP contribution in [0.15, 0.2) is 18.2 Å². The third-order valence-electron chi connectivity index (χ3n) is 3.12. The molecule has 1 aromatic rings. The first-order valence-electron chi connectivity index (χ1n) is 6.63. The maximum absolute atomic E-state index is 12.2. The van der Waals surface area contributed by atoms with Crippen LogP contribution in [-0.2, 0) is 0 Å². The molecule has 0 bridgehead atoms. The summed E-state index contributed by atoms with van der Waals surface area (Å²) >= 11 is 0. The molecule has 0 aliphatic rings. The summed E-state index contributed by atoms with van der Waals surface area (Å²) in [6.07, 6.45) is 0.856. The summed E-state index contributed by atoms with van der Waals surface area (Å²) in [5.74, 6) is 6.21. The monoisotopic (exact) mass is 274 g/mol. The summed E-state index contributed by atoms with van der Waals surface area (Å²) in [6, 6.07) is 5.20. The van der Waals surface area contributed by atoms with Gasteiger partial charge in [0.1, 0.15) is 5.75 Å². The van der Waals surface area contributed by atoms with E-state index in [2.05, 4.69) is 17.2 Å². The standard InChI is InChI=1S/C16H22N2O2/c1-5-16(2,3)18-15(19)13-8-9-14(20-4)12(11-13)7-6-10-17/h8-9,11H,5,10,17H2,1-4H3,(H,18,19). The maximum Gasteiger partial charge on any atom is 0.251 e. The average molecular weight is 274 g/mol. The van der Waals surface area contributed by atoms with Gasteiger partial charge in [-0.1, -0.05) is 18.8 Å². The van der Waals surface area contributed by atoms with E-state index in [0.717, 1.165) is 6.42 Å². The first-order chi connectivity index (χ1) is 9.43. The van der Waals surface area contributed by atoms with E-state index in [4.69, 9.17) is 10.5 Å². The van der Waals surface area contributed by atoms with E-state index < -0.39 is 0 Å². The topological polar surface area (TPSA) is 64.3 Å². The number of amides is 1. The lowest BCUT2D eigenvalue weighted by Gasteiger charge is -2.24. The Kier molecular flexibility index (Phi) is 5.60. The van der Waals surface area contributed by atoms with Gasteiger partial charge in [-0.2, -0.15) is 0 Å². The molecule has 0 aromatic heterocycles. The van der Waals surface area contributed by atoms with Crippen LogP contribution in [0, 0.1) is 11.8 Å². The highest BCUT2D eigenvalue weighted by Gasteiger charge is 2.19. The second-order valence-corrected chi connectivity index (χ2v) is 5.11. The fourth-order valence-corrected chi connectivity index (χ4v) is 1.56. The minimum Gasteiger partial charge on any atom is -0.495 e. The third-order valence-corrected chi connectivity index (χ3v) is 3.12. The fraction of sp³-hybridized carbons (Fsp3) is 0.438. The van der Waals surface area contributed by atoms with Crippen LogP contribution in [0.3, 0.4) is 0 Å². The zero-order valence-electron chi connectivity index (χ0n) is 12.5. The van der Waals surface area contributed by atoms with Crippen molar-refractivity contribution in [3.8, 4) is 17.6 Å². The van der Waals surface area contributed by atoms with Crippen molar-refractivity contribution in [1.82, 2.24) is 5.32 Å². The first kappa shape index (κ1) is 16.1.